The van der Waals surface area contributed by atoms with Crippen LogP contribution in [0.3, 0.4) is 0 Å². The standard InChI is InChI=1S/C18H25N5O2/c1-21-9-7-14(8-10-21)11-19-12-16-13-22(2)20-18(16)15-3-5-17(6-4-15)23(24)25/h3-6,13-14,19H,7-12H2,1-2H3. The van der Waals surface area contributed by atoms with Crippen molar-refractivity contribution in [3.05, 3.63) is 46.1 Å². The molecule has 7 nitrogen and oxygen atoms in total. The lowest BCUT2D eigenvalue weighted by molar-refractivity contribution is -0.384. The fraction of sp³-hybridized carbons (Fsp3) is 0.500. The molecular weight excluding hydrogens is 318 g/mol. The third-order valence-corrected chi connectivity index (χ3v) is 4.84. The molecule has 1 aromatic carbocycles. The first-order valence-corrected chi connectivity index (χ1v) is 8.69. The molecule has 7 heteroatoms. The molecule has 1 aromatic heterocycles. The molecule has 0 amide bonds. The highest BCUT2D eigenvalue weighted by atomic mass is 16.6. The molecule has 3 rings (SSSR count). The van der Waals surface area contributed by atoms with E-state index in [4.69, 9.17) is 0 Å². The number of nitrogens with zero attached hydrogens (tertiary/aromatic N) is 4. The minimum atomic E-state index is -0.383. The van der Waals surface area contributed by atoms with Crippen molar-refractivity contribution in [3.8, 4) is 11.3 Å². The van der Waals surface area contributed by atoms with E-state index in [0.29, 0.717) is 0 Å². The Morgan fingerprint density at radius 3 is 2.56 bits per heavy atom. The van der Waals surface area contributed by atoms with Crippen LogP contribution in [0.15, 0.2) is 30.5 Å². The van der Waals surface area contributed by atoms with Gasteiger partial charge in [-0.3, -0.25) is 14.8 Å². The van der Waals surface area contributed by atoms with Crippen LogP contribution < -0.4 is 5.32 Å². The fourth-order valence-electron chi connectivity index (χ4n) is 3.33. The van der Waals surface area contributed by atoms with E-state index in [-0.39, 0.29) is 10.6 Å². The average molecular weight is 343 g/mol. The Balaban J connectivity index is 1.63. The second-order valence-corrected chi connectivity index (χ2v) is 6.86. The van der Waals surface area contributed by atoms with Gasteiger partial charge in [0.15, 0.2) is 0 Å². The summed E-state index contributed by atoms with van der Waals surface area (Å²) in [4.78, 5) is 12.8. The zero-order valence-electron chi connectivity index (χ0n) is 14.8. The van der Waals surface area contributed by atoms with Gasteiger partial charge in [0.25, 0.3) is 5.69 Å². The van der Waals surface area contributed by atoms with Gasteiger partial charge >= 0.3 is 0 Å². The van der Waals surface area contributed by atoms with E-state index >= 15 is 0 Å². The molecule has 0 atom stereocenters. The highest BCUT2D eigenvalue weighted by molar-refractivity contribution is 5.64. The molecule has 2 aromatic rings. The molecule has 1 saturated heterocycles. The van der Waals surface area contributed by atoms with Gasteiger partial charge in [0.05, 0.1) is 10.6 Å². The number of benzene rings is 1. The normalized spacial score (nSPS) is 16.2. The number of aryl methyl sites for hydroxylation is 1. The molecule has 0 bridgehead atoms. The molecule has 0 spiro atoms. The molecule has 0 aliphatic carbocycles. The van der Waals surface area contributed by atoms with Crippen molar-refractivity contribution in [3.63, 3.8) is 0 Å². The summed E-state index contributed by atoms with van der Waals surface area (Å²) >= 11 is 0. The maximum Gasteiger partial charge on any atom is 0.269 e. The Morgan fingerprint density at radius 2 is 1.92 bits per heavy atom. The molecule has 0 saturated carbocycles. The van der Waals surface area contributed by atoms with Gasteiger partial charge in [-0.25, -0.2) is 0 Å². The van der Waals surface area contributed by atoms with Crippen molar-refractivity contribution in [1.82, 2.24) is 20.0 Å². The first-order chi connectivity index (χ1) is 12.0. The summed E-state index contributed by atoms with van der Waals surface area (Å²) in [5.74, 6) is 0.732. The highest BCUT2D eigenvalue weighted by Gasteiger charge is 2.17. The van der Waals surface area contributed by atoms with Gasteiger partial charge in [-0.1, -0.05) is 0 Å². The largest absolute Gasteiger partial charge is 0.312 e. The average Bonchev–Trinajstić information content (AvgIpc) is 2.97. The van der Waals surface area contributed by atoms with Gasteiger partial charge in [0, 0.05) is 43.0 Å². The van der Waals surface area contributed by atoms with Gasteiger partial charge in [0.2, 0.25) is 0 Å². The Bertz CT molecular complexity index is 718. The summed E-state index contributed by atoms with van der Waals surface area (Å²) in [6.07, 6.45) is 4.50. The van der Waals surface area contributed by atoms with E-state index in [1.54, 1.807) is 16.8 Å². The smallest absolute Gasteiger partial charge is 0.269 e. The SMILES string of the molecule is CN1CCC(CNCc2cn(C)nc2-c2ccc([N+](=O)[O-])cc2)CC1. The number of non-ortho nitro benzene ring substituents is 1. The number of rotatable bonds is 6. The van der Waals surface area contributed by atoms with Crippen molar-refractivity contribution < 1.29 is 4.92 Å². The molecule has 0 unspecified atom stereocenters. The Kier molecular flexibility index (Phi) is 5.45. The van der Waals surface area contributed by atoms with Crippen LogP contribution in [-0.4, -0.2) is 46.3 Å². The van der Waals surface area contributed by atoms with Gasteiger partial charge in [0.1, 0.15) is 0 Å². The lowest BCUT2D eigenvalue weighted by Crippen LogP contribution is -2.34. The van der Waals surface area contributed by atoms with Crippen molar-refractivity contribution in [1.29, 1.82) is 0 Å². The van der Waals surface area contributed by atoms with Crippen LogP contribution in [0.25, 0.3) is 11.3 Å². The van der Waals surface area contributed by atoms with Crippen molar-refractivity contribution in [2.24, 2.45) is 13.0 Å². The van der Waals surface area contributed by atoms with E-state index < -0.39 is 0 Å². The number of nitrogens with one attached hydrogen (secondary N) is 1. The third-order valence-electron chi connectivity index (χ3n) is 4.84. The summed E-state index contributed by atoms with van der Waals surface area (Å²) in [5, 5.41) is 18.9. The highest BCUT2D eigenvalue weighted by Crippen LogP contribution is 2.24. The summed E-state index contributed by atoms with van der Waals surface area (Å²) < 4.78 is 1.79. The van der Waals surface area contributed by atoms with E-state index in [1.165, 1.54) is 38.1 Å². The second kappa shape index (κ2) is 7.76. The number of nitro benzene ring substituents is 1. The van der Waals surface area contributed by atoms with Crippen LogP contribution in [0.2, 0.25) is 0 Å². The number of likely N-dealkylation sites (tertiary alicyclic amines) is 1. The summed E-state index contributed by atoms with van der Waals surface area (Å²) in [6, 6.07) is 6.58. The zero-order chi connectivity index (χ0) is 17.8. The molecule has 2 heterocycles. The molecule has 1 aliphatic rings. The van der Waals surface area contributed by atoms with E-state index in [0.717, 1.165) is 35.8 Å². The lowest BCUT2D eigenvalue weighted by atomic mass is 9.97. The molecule has 1 N–H and O–H groups in total. The molecule has 1 fully saturated rings. The topological polar surface area (TPSA) is 76.2 Å². The Morgan fingerprint density at radius 1 is 1.24 bits per heavy atom. The monoisotopic (exact) mass is 343 g/mol. The van der Waals surface area contributed by atoms with E-state index in [1.807, 2.05) is 13.2 Å². The predicted molar refractivity (Wildman–Crippen MR) is 97.2 cm³/mol. The number of piperidine rings is 1. The quantitative estimate of drug-likeness (QED) is 0.644. The molecular formula is C18H25N5O2. The minimum absolute atomic E-state index is 0.0987. The fourth-order valence-corrected chi connectivity index (χ4v) is 3.33. The van der Waals surface area contributed by atoms with Crippen molar-refractivity contribution in [2.45, 2.75) is 19.4 Å². The number of hydrogen-bond acceptors (Lipinski definition) is 5. The van der Waals surface area contributed by atoms with Gasteiger partial charge in [-0.05, 0) is 57.6 Å². The van der Waals surface area contributed by atoms with E-state index in [2.05, 4.69) is 22.4 Å². The first-order valence-electron chi connectivity index (χ1n) is 8.69. The van der Waals surface area contributed by atoms with Gasteiger partial charge in [-0.2, -0.15) is 5.10 Å². The maximum absolute atomic E-state index is 10.8. The van der Waals surface area contributed by atoms with Crippen LogP contribution in [0.5, 0.6) is 0 Å². The number of aromatic nitrogens is 2. The van der Waals surface area contributed by atoms with Crippen molar-refractivity contribution >= 4 is 5.69 Å². The maximum atomic E-state index is 10.8. The number of hydrogen-bond donors (Lipinski definition) is 1. The predicted octanol–water partition coefficient (Wildman–Crippen LogP) is 2.43. The van der Waals surface area contributed by atoms with Crippen molar-refractivity contribution in [2.75, 3.05) is 26.7 Å². The minimum Gasteiger partial charge on any atom is -0.312 e. The van der Waals surface area contributed by atoms with Crippen LogP contribution >= 0.6 is 0 Å². The Hall–Kier alpha value is -2.25. The molecule has 1 aliphatic heterocycles. The van der Waals surface area contributed by atoms with Gasteiger partial charge in [-0.15, -0.1) is 0 Å². The summed E-state index contributed by atoms with van der Waals surface area (Å²) in [6.45, 7) is 4.12. The third kappa shape index (κ3) is 4.43. The second-order valence-electron chi connectivity index (χ2n) is 6.86. The Labute approximate surface area is 147 Å². The van der Waals surface area contributed by atoms with Crippen LogP contribution in [0.1, 0.15) is 18.4 Å². The lowest BCUT2D eigenvalue weighted by Gasteiger charge is -2.29. The van der Waals surface area contributed by atoms with Gasteiger partial charge < -0.3 is 10.2 Å². The van der Waals surface area contributed by atoms with E-state index in [9.17, 15) is 10.1 Å². The summed E-state index contributed by atoms with van der Waals surface area (Å²) in [5.41, 5.74) is 3.00. The van der Waals surface area contributed by atoms with Crippen LogP contribution in [-0.2, 0) is 13.6 Å². The molecule has 0 radical (unpaired) electrons. The molecule has 134 valence electrons. The summed E-state index contributed by atoms with van der Waals surface area (Å²) in [7, 11) is 4.07. The number of nitro groups is 1. The first kappa shape index (κ1) is 17.6. The zero-order valence-corrected chi connectivity index (χ0v) is 14.8. The van der Waals surface area contributed by atoms with Crippen LogP contribution in [0.4, 0.5) is 5.69 Å². The van der Waals surface area contributed by atoms with Crippen LogP contribution in [0, 0.1) is 16.0 Å². The molecule has 25 heavy (non-hydrogen) atoms.